The molecule has 2 unspecified atom stereocenters. The van der Waals surface area contributed by atoms with E-state index in [1.807, 2.05) is 26.8 Å². The molecule has 0 amide bonds. The molecule has 1 fully saturated rings. The summed E-state index contributed by atoms with van der Waals surface area (Å²) in [5.74, 6) is 0.169. The van der Waals surface area contributed by atoms with Gasteiger partial charge in [-0.05, 0) is 26.2 Å². The van der Waals surface area contributed by atoms with E-state index in [1.165, 1.54) is 0 Å². The Morgan fingerprint density at radius 1 is 1.54 bits per heavy atom. The summed E-state index contributed by atoms with van der Waals surface area (Å²) < 4.78 is 5.59. The third-order valence-corrected chi connectivity index (χ3v) is 3.48. The first-order valence-electron chi connectivity index (χ1n) is 4.73. The summed E-state index contributed by atoms with van der Waals surface area (Å²) in [5, 5.41) is 0. The van der Waals surface area contributed by atoms with Crippen molar-refractivity contribution in [3.63, 3.8) is 0 Å². The van der Waals surface area contributed by atoms with Crippen LogP contribution in [0.3, 0.4) is 0 Å². The fourth-order valence-corrected chi connectivity index (χ4v) is 2.20. The Hall–Kier alpha value is -0.630. The average molecular weight is 182 g/mol. The monoisotopic (exact) mass is 182 g/mol. The summed E-state index contributed by atoms with van der Waals surface area (Å²) in [4.78, 5) is 11.2. The molecule has 0 radical (unpaired) electrons. The molecule has 2 atom stereocenters. The Kier molecular flexibility index (Phi) is 2.62. The van der Waals surface area contributed by atoms with Gasteiger partial charge in [-0.3, -0.25) is 0 Å². The lowest BCUT2D eigenvalue weighted by Crippen LogP contribution is -2.45. The summed E-state index contributed by atoms with van der Waals surface area (Å²) in [5.41, 5.74) is -0.739. The average Bonchev–Trinajstić information content (AvgIpc) is 2.40. The van der Waals surface area contributed by atoms with Crippen molar-refractivity contribution in [2.24, 2.45) is 11.3 Å². The normalized spacial score (nSPS) is 34.1. The van der Waals surface area contributed by atoms with Gasteiger partial charge in [0.1, 0.15) is 6.29 Å². The van der Waals surface area contributed by atoms with Gasteiger partial charge in [0.05, 0.1) is 11.0 Å². The predicted octanol–water partition coefficient (Wildman–Crippen LogP) is 2.19. The van der Waals surface area contributed by atoms with Gasteiger partial charge in [-0.15, -0.1) is 6.58 Å². The van der Waals surface area contributed by atoms with Crippen LogP contribution in [0.1, 0.15) is 27.2 Å². The molecule has 74 valence electrons. The van der Waals surface area contributed by atoms with Gasteiger partial charge in [0.25, 0.3) is 0 Å². The molecule has 2 heteroatoms. The number of carbonyl (C=O) groups is 1. The lowest BCUT2D eigenvalue weighted by molar-refractivity contribution is -0.128. The van der Waals surface area contributed by atoms with Gasteiger partial charge >= 0.3 is 0 Å². The summed E-state index contributed by atoms with van der Waals surface area (Å²) in [6.07, 6.45) is 3.69. The number of carbonyl (C=O) groups excluding carboxylic acids is 1. The first kappa shape index (κ1) is 10.5. The Balaban J connectivity index is 3.05. The zero-order valence-electron chi connectivity index (χ0n) is 8.67. The van der Waals surface area contributed by atoms with E-state index < -0.39 is 0 Å². The van der Waals surface area contributed by atoms with Crippen molar-refractivity contribution >= 4 is 6.29 Å². The molecule has 2 nitrogen and oxygen atoms in total. The molecule has 0 bridgehead atoms. The molecular weight excluding hydrogens is 164 g/mol. The standard InChI is InChI=1S/C11H18O2/c1-5-9(2)11(8-12)6-7-13-10(11,3)4/h5,8-9H,1,6-7H2,2-4H3. The quantitative estimate of drug-likeness (QED) is 0.494. The van der Waals surface area contributed by atoms with E-state index in [4.69, 9.17) is 4.74 Å². The fraction of sp³-hybridized carbons (Fsp3) is 0.727. The topological polar surface area (TPSA) is 26.3 Å². The van der Waals surface area contributed by atoms with Crippen LogP contribution in [0.4, 0.5) is 0 Å². The van der Waals surface area contributed by atoms with Crippen molar-refractivity contribution in [2.45, 2.75) is 32.8 Å². The van der Waals surface area contributed by atoms with Crippen LogP contribution in [-0.4, -0.2) is 18.5 Å². The van der Waals surface area contributed by atoms with Crippen molar-refractivity contribution in [3.8, 4) is 0 Å². The van der Waals surface area contributed by atoms with Crippen molar-refractivity contribution < 1.29 is 9.53 Å². The van der Waals surface area contributed by atoms with Crippen LogP contribution in [0.25, 0.3) is 0 Å². The highest BCUT2D eigenvalue weighted by atomic mass is 16.5. The van der Waals surface area contributed by atoms with Crippen molar-refractivity contribution in [3.05, 3.63) is 12.7 Å². The Bertz CT molecular complexity index is 220. The van der Waals surface area contributed by atoms with Gasteiger partial charge in [0, 0.05) is 6.61 Å². The molecule has 0 spiro atoms. The van der Waals surface area contributed by atoms with E-state index >= 15 is 0 Å². The van der Waals surface area contributed by atoms with Crippen LogP contribution in [0.15, 0.2) is 12.7 Å². The minimum atomic E-state index is -0.380. The maximum absolute atomic E-state index is 11.2. The summed E-state index contributed by atoms with van der Waals surface area (Å²) in [7, 11) is 0. The molecule has 1 saturated heterocycles. The van der Waals surface area contributed by atoms with Crippen molar-refractivity contribution in [1.29, 1.82) is 0 Å². The van der Waals surface area contributed by atoms with Gasteiger partial charge in [0.2, 0.25) is 0 Å². The molecule has 1 rings (SSSR count). The van der Waals surface area contributed by atoms with E-state index in [-0.39, 0.29) is 16.9 Å². The number of aldehydes is 1. The third kappa shape index (κ3) is 1.33. The highest BCUT2D eigenvalue weighted by molar-refractivity contribution is 5.63. The molecule has 0 aromatic rings. The number of rotatable bonds is 3. The molecule has 0 aromatic carbocycles. The SMILES string of the molecule is C=CC(C)C1(C=O)CCOC1(C)C. The molecule has 1 heterocycles. The van der Waals surface area contributed by atoms with E-state index in [0.29, 0.717) is 6.61 Å². The highest BCUT2D eigenvalue weighted by Gasteiger charge is 2.52. The van der Waals surface area contributed by atoms with E-state index in [2.05, 4.69) is 6.58 Å². The minimum Gasteiger partial charge on any atom is -0.374 e. The predicted molar refractivity (Wildman–Crippen MR) is 52.5 cm³/mol. The van der Waals surface area contributed by atoms with Gasteiger partial charge in [0.15, 0.2) is 0 Å². The second-order valence-corrected chi connectivity index (χ2v) is 4.29. The molecule has 0 N–H and O–H groups in total. The van der Waals surface area contributed by atoms with Gasteiger partial charge < -0.3 is 9.53 Å². The van der Waals surface area contributed by atoms with Gasteiger partial charge in [-0.1, -0.05) is 13.0 Å². The largest absolute Gasteiger partial charge is 0.374 e. The maximum atomic E-state index is 11.2. The molecule has 1 aliphatic rings. The van der Waals surface area contributed by atoms with Crippen LogP contribution in [0.5, 0.6) is 0 Å². The van der Waals surface area contributed by atoms with Crippen LogP contribution in [-0.2, 0) is 9.53 Å². The fourth-order valence-electron chi connectivity index (χ4n) is 2.20. The number of hydrogen-bond donors (Lipinski definition) is 0. The molecule has 13 heavy (non-hydrogen) atoms. The summed E-state index contributed by atoms with van der Waals surface area (Å²) in [6, 6.07) is 0. The number of ether oxygens (including phenoxy) is 1. The molecule has 1 aliphatic heterocycles. The summed E-state index contributed by atoms with van der Waals surface area (Å²) in [6.45, 7) is 10.4. The number of allylic oxidation sites excluding steroid dienone is 1. The summed E-state index contributed by atoms with van der Waals surface area (Å²) >= 11 is 0. The Morgan fingerprint density at radius 3 is 2.46 bits per heavy atom. The molecule has 0 aliphatic carbocycles. The zero-order valence-corrected chi connectivity index (χ0v) is 8.67. The smallest absolute Gasteiger partial charge is 0.129 e. The molecular formula is C11H18O2. The Labute approximate surface area is 80.0 Å². The maximum Gasteiger partial charge on any atom is 0.129 e. The van der Waals surface area contributed by atoms with Crippen molar-refractivity contribution in [2.75, 3.05) is 6.61 Å². The van der Waals surface area contributed by atoms with Crippen LogP contribution in [0.2, 0.25) is 0 Å². The Morgan fingerprint density at radius 2 is 2.15 bits per heavy atom. The minimum absolute atomic E-state index is 0.169. The molecule has 0 aromatic heterocycles. The van der Waals surface area contributed by atoms with Crippen LogP contribution >= 0.6 is 0 Å². The zero-order chi connectivity index (χ0) is 10.1. The van der Waals surface area contributed by atoms with E-state index in [0.717, 1.165) is 12.7 Å². The van der Waals surface area contributed by atoms with Crippen LogP contribution in [0, 0.1) is 11.3 Å². The van der Waals surface area contributed by atoms with Gasteiger partial charge in [-0.2, -0.15) is 0 Å². The first-order valence-corrected chi connectivity index (χ1v) is 4.73. The first-order chi connectivity index (χ1) is 6.00. The second kappa shape index (κ2) is 3.26. The number of hydrogen-bond acceptors (Lipinski definition) is 2. The second-order valence-electron chi connectivity index (χ2n) is 4.29. The lowest BCUT2D eigenvalue weighted by atomic mass is 9.66. The third-order valence-electron chi connectivity index (χ3n) is 3.48. The van der Waals surface area contributed by atoms with E-state index in [1.54, 1.807) is 0 Å². The lowest BCUT2D eigenvalue weighted by Gasteiger charge is -2.38. The van der Waals surface area contributed by atoms with Gasteiger partial charge in [-0.25, -0.2) is 0 Å². The van der Waals surface area contributed by atoms with E-state index in [9.17, 15) is 4.79 Å². The van der Waals surface area contributed by atoms with Crippen molar-refractivity contribution in [1.82, 2.24) is 0 Å². The van der Waals surface area contributed by atoms with Crippen LogP contribution < -0.4 is 0 Å². The molecule has 0 saturated carbocycles. The highest BCUT2D eigenvalue weighted by Crippen LogP contribution is 2.47.